The van der Waals surface area contributed by atoms with Gasteiger partial charge in [0.2, 0.25) is 5.91 Å². The number of thiophene rings is 1. The zero-order valence-electron chi connectivity index (χ0n) is 13.3. The third-order valence-electron chi connectivity index (χ3n) is 3.33. The molecule has 130 valence electrons. The van der Waals surface area contributed by atoms with Crippen LogP contribution in [0.15, 0.2) is 34.8 Å². The molecular formula is C16H15ClN4O2S2. The number of nitrogens with zero attached hydrogens (tertiary/aromatic N) is 2. The van der Waals surface area contributed by atoms with Crippen LogP contribution in [-0.2, 0) is 4.79 Å². The molecule has 0 aliphatic carbocycles. The predicted octanol–water partition coefficient (Wildman–Crippen LogP) is 4.06. The molecule has 6 nitrogen and oxygen atoms in total. The number of aromatic nitrogens is 2. The second-order valence-corrected chi connectivity index (χ2v) is 7.42. The Balaban J connectivity index is 1.58. The lowest BCUT2D eigenvalue weighted by molar-refractivity contribution is -0.115. The van der Waals surface area contributed by atoms with Crippen LogP contribution in [0, 0.1) is 0 Å². The summed E-state index contributed by atoms with van der Waals surface area (Å²) in [6.45, 7) is 0. The molecule has 2 heterocycles. The molecule has 0 aliphatic heterocycles. The van der Waals surface area contributed by atoms with Gasteiger partial charge < -0.3 is 15.8 Å². The fourth-order valence-electron chi connectivity index (χ4n) is 2.15. The Morgan fingerprint density at radius 3 is 3.04 bits per heavy atom. The summed E-state index contributed by atoms with van der Waals surface area (Å²) >= 11 is 8.86. The first-order chi connectivity index (χ1) is 12.1. The zero-order chi connectivity index (χ0) is 17.8. The molecule has 1 amide bonds. The van der Waals surface area contributed by atoms with E-state index in [1.807, 2.05) is 11.4 Å². The number of amides is 1. The van der Waals surface area contributed by atoms with Crippen molar-refractivity contribution < 1.29 is 9.53 Å². The molecule has 9 heteroatoms. The van der Waals surface area contributed by atoms with Crippen LogP contribution in [0.2, 0.25) is 5.02 Å². The van der Waals surface area contributed by atoms with E-state index in [-0.39, 0.29) is 5.91 Å². The zero-order valence-corrected chi connectivity index (χ0v) is 15.7. The molecule has 0 atom stereocenters. The number of anilines is 2. The van der Waals surface area contributed by atoms with Crippen LogP contribution < -0.4 is 15.8 Å². The lowest BCUT2D eigenvalue weighted by Crippen LogP contribution is -2.13. The minimum absolute atomic E-state index is 0.141. The van der Waals surface area contributed by atoms with Gasteiger partial charge in [0.1, 0.15) is 16.4 Å². The maximum Gasteiger partial charge on any atom is 0.225 e. The Morgan fingerprint density at radius 1 is 1.40 bits per heavy atom. The number of thioether (sulfide) groups is 1. The minimum Gasteiger partial charge on any atom is -0.495 e. The third-order valence-corrected chi connectivity index (χ3v) is 5.22. The molecule has 3 rings (SSSR count). The quantitative estimate of drug-likeness (QED) is 0.484. The summed E-state index contributed by atoms with van der Waals surface area (Å²) in [6, 6.07) is 6.96. The average molecular weight is 395 g/mol. The molecular weight excluding hydrogens is 380 g/mol. The van der Waals surface area contributed by atoms with Crippen LogP contribution >= 0.6 is 34.7 Å². The summed E-state index contributed by atoms with van der Waals surface area (Å²) in [5.74, 6) is 1.41. The summed E-state index contributed by atoms with van der Waals surface area (Å²) < 4.78 is 5.21. The summed E-state index contributed by atoms with van der Waals surface area (Å²) in [7, 11) is 1.54. The Hall–Kier alpha value is -2.03. The van der Waals surface area contributed by atoms with Gasteiger partial charge >= 0.3 is 0 Å². The highest BCUT2D eigenvalue weighted by molar-refractivity contribution is 7.99. The Morgan fingerprint density at radius 2 is 2.24 bits per heavy atom. The van der Waals surface area contributed by atoms with Gasteiger partial charge in [-0.2, -0.15) is 0 Å². The van der Waals surface area contributed by atoms with Gasteiger partial charge in [-0.15, -0.1) is 11.3 Å². The van der Waals surface area contributed by atoms with E-state index in [0.29, 0.717) is 39.6 Å². The van der Waals surface area contributed by atoms with Crippen LogP contribution in [0.25, 0.3) is 10.2 Å². The number of hydrogen-bond acceptors (Lipinski definition) is 7. The van der Waals surface area contributed by atoms with E-state index < -0.39 is 0 Å². The maximum atomic E-state index is 12.1. The summed E-state index contributed by atoms with van der Waals surface area (Å²) in [6.07, 6.45) is 0.298. The third kappa shape index (κ3) is 4.33. The molecule has 0 unspecified atom stereocenters. The summed E-state index contributed by atoms with van der Waals surface area (Å²) in [5, 5.41) is 6.68. The fraction of sp³-hybridized carbons (Fsp3) is 0.188. The number of fused-ring (bicyclic) bond motifs is 1. The van der Waals surface area contributed by atoms with Crippen LogP contribution in [0.4, 0.5) is 11.5 Å². The lowest BCUT2D eigenvalue weighted by atomic mass is 10.3. The maximum absolute atomic E-state index is 12.1. The van der Waals surface area contributed by atoms with Gasteiger partial charge in [0, 0.05) is 17.2 Å². The number of ether oxygens (including phenoxy) is 1. The topological polar surface area (TPSA) is 90.1 Å². The molecule has 2 aromatic heterocycles. The molecule has 3 aromatic rings. The number of carbonyl (C=O) groups excluding carboxylic acids is 1. The number of halogens is 1. The van der Waals surface area contributed by atoms with Crippen molar-refractivity contribution in [2.24, 2.45) is 0 Å². The van der Waals surface area contributed by atoms with Crippen molar-refractivity contribution in [3.8, 4) is 5.75 Å². The van der Waals surface area contributed by atoms with Crippen molar-refractivity contribution in [3.05, 3.63) is 34.7 Å². The average Bonchev–Trinajstić information content (AvgIpc) is 3.04. The molecule has 0 fully saturated rings. The van der Waals surface area contributed by atoms with Gasteiger partial charge in [-0.05, 0) is 29.6 Å². The molecule has 25 heavy (non-hydrogen) atoms. The molecule has 0 spiro atoms. The molecule has 0 saturated heterocycles. The van der Waals surface area contributed by atoms with Gasteiger partial charge in [0.25, 0.3) is 0 Å². The molecule has 0 radical (unpaired) electrons. The number of rotatable bonds is 6. The highest BCUT2D eigenvalue weighted by atomic mass is 35.5. The fourth-order valence-corrected chi connectivity index (χ4v) is 3.94. The van der Waals surface area contributed by atoms with E-state index in [0.717, 1.165) is 10.2 Å². The van der Waals surface area contributed by atoms with E-state index in [9.17, 15) is 4.79 Å². The largest absolute Gasteiger partial charge is 0.495 e. The van der Waals surface area contributed by atoms with Crippen molar-refractivity contribution >= 4 is 62.3 Å². The van der Waals surface area contributed by atoms with E-state index in [4.69, 9.17) is 22.1 Å². The van der Waals surface area contributed by atoms with Gasteiger partial charge in [-0.3, -0.25) is 4.79 Å². The van der Waals surface area contributed by atoms with Crippen LogP contribution in [-0.4, -0.2) is 28.7 Å². The van der Waals surface area contributed by atoms with Crippen molar-refractivity contribution in [3.63, 3.8) is 0 Å². The first-order valence-corrected chi connectivity index (χ1v) is 9.58. The van der Waals surface area contributed by atoms with Gasteiger partial charge in [0.05, 0.1) is 18.2 Å². The number of nitrogen functional groups attached to an aromatic ring is 1. The predicted molar refractivity (Wildman–Crippen MR) is 104 cm³/mol. The van der Waals surface area contributed by atoms with Gasteiger partial charge in [-0.1, -0.05) is 23.4 Å². The van der Waals surface area contributed by atoms with Crippen molar-refractivity contribution in [1.82, 2.24) is 9.97 Å². The normalized spacial score (nSPS) is 10.8. The molecule has 0 aliphatic rings. The monoisotopic (exact) mass is 394 g/mol. The summed E-state index contributed by atoms with van der Waals surface area (Å²) in [4.78, 5) is 21.7. The SMILES string of the molecule is COc1ccc(Cl)cc1NC(=O)CCSc1nc(N)c2ccsc2n1. The molecule has 3 N–H and O–H groups in total. The number of benzene rings is 1. The Kier molecular flexibility index (Phi) is 5.62. The van der Waals surface area contributed by atoms with Crippen molar-refractivity contribution in [2.75, 3.05) is 23.9 Å². The van der Waals surface area contributed by atoms with Crippen LogP contribution in [0.3, 0.4) is 0 Å². The van der Waals surface area contributed by atoms with E-state index in [1.54, 1.807) is 18.2 Å². The van der Waals surface area contributed by atoms with Gasteiger partial charge in [0.15, 0.2) is 5.16 Å². The van der Waals surface area contributed by atoms with Crippen LogP contribution in [0.5, 0.6) is 5.75 Å². The number of nitrogens with two attached hydrogens (primary N) is 1. The highest BCUT2D eigenvalue weighted by Gasteiger charge is 2.10. The number of nitrogens with one attached hydrogen (secondary N) is 1. The minimum atomic E-state index is -0.141. The Bertz CT molecular complexity index is 916. The van der Waals surface area contributed by atoms with Gasteiger partial charge in [-0.25, -0.2) is 9.97 Å². The first kappa shape index (κ1) is 17.8. The smallest absolute Gasteiger partial charge is 0.225 e. The van der Waals surface area contributed by atoms with Crippen molar-refractivity contribution in [2.45, 2.75) is 11.6 Å². The van der Waals surface area contributed by atoms with Crippen LogP contribution in [0.1, 0.15) is 6.42 Å². The number of methoxy groups -OCH3 is 1. The number of carbonyl (C=O) groups is 1. The second-order valence-electron chi connectivity index (χ2n) is 5.02. The van der Waals surface area contributed by atoms with Crippen molar-refractivity contribution in [1.29, 1.82) is 0 Å². The molecule has 1 aromatic carbocycles. The first-order valence-electron chi connectivity index (χ1n) is 7.33. The highest BCUT2D eigenvalue weighted by Crippen LogP contribution is 2.29. The molecule has 0 saturated carbocycles. The second kappa shape index (κ2) is 7.90. The van der Waals surface area contributed by atoms with E-state index >= 15 is 0 Å². The lowest BCUT2D eigenvalue weighted by Gasteiger charge is -2.10. The Labute approximate surface area is 157 Å². The molecule has 0 bridgehead atoms. The standard InChI is InChI=1S/C16H15ClN4O2S2/c1-23-12-3-2-9(17)8-11(12)19-13(22)5-7-25-16-20-14(18)10-4-6-24-15(10)21-16/h2-4,6,8H,5,7H2,1H3,(H,19,22)(H2,18,20,21). The number of hydrogen-bond donors (Lipinski definition) is 2. The summed E-state index contributed by atoms with van der Waals surface area (Å²) in [5.41, 5.74) is 6.46. The van der Waals surface area contributed by atoms with E-state index in [1.165, 1.54) is 30.2 Å². The van der Waals surface area contributed by atoms with E-state index in [2.05, 4.69) is 15.3 Å².